The molecular formula is C17H33N3O. The van der Waals surface area contributed by atoms with Crippen molar-refractivity contribution in [2.45, 2.75) is 50.6 Å². The van der Waals surface area contributed by atoms with Gasteiger partial charge in [-0.25, -0.2) is 0 Å². The van der Waals surface area contributed by atoms with Gasteiger partial charge in [0.1, 0.15) is 0 Å². The normalized spacial score (nSPS) is 30.1. The maximum Gasteiger partial charge on any atom is 0.0472 e. The highest BCUT2D eigenvalue weighted by molar-refractivity contribution is 4.93. The summed E-state index contributed by atoms with van der Waals surface area (Å²) in [6.45, 7) is 6.89. The summed E-state index contributed by atoms with van der Waals surface area (Å²) >= 11 is 0. The van der Waals surface area contributed by atoms with E-state index in [1.54, 1.807) is 0 Å². The minimum atomic E-state index is 0.454. The van der Waals surface area contributed by atoms with E-state index in [1.165, 1.54) is 64.7 Å². The van der Waals surface area contributed by atoms with Gasteiger partial charge >= 0.3 is 0 Å². The van der Waals surface area contributed by atoms with E-state index in [0.717, 1.165) is 25.3 Å². The van der Waals surface area contributed by atoms with Gasteiger partial charge in [0.2, 0.25) is 0 Å². The molecule has 1 aliphatic carbocycles. The molecule has 0 amide bonds. The van der Waals surface area contributed by atoms with Gasteiger partial charge in [0.15, 0.2) is 0 Å². The Bertz CT molecular complexity index is 324. The van der Waals surface area contributed by atoms with E-state index >= 15 is 0 Å². The van der Waals surface area contributed by atoms with Gasteiger partial charge in [0.25, 0.3) is 0 Å². The molecule has 0 aromatic heterocycles. The lowest BCUT2D eigenvalue weighted by molar-refractivity contribution is -0.00796. The molecule has 1 atom stereocenters. The zero-order chi connectivity index (χ0) is 14.7. The minimum Gasteiger partial charge on any atom is -0.381 e. The maximum atomic E-state index is 5.65. The predicted molar refractivity (Wildman–Crippen MR) is 86.7 cm³/mol. The minimum absolute atomic E-state index is 0.454. The van der Waals surface area contributed by atoms with Crippen molar-refractivity contribution in [2.24, 2.45) is 5.41 Å². The Kier molecular flexibility index (Phi) is 5.20. The number of likely N-dealkylation sites (tertiary alicyclic amines) is 1. The standard InChI is InChI=1S/C17H33N3O/c1-19(2)12-16-4-3-9-20(16)14-17(7-10-21-11-8-17)13-18-15-5-6-15/h15-16,18H,3-14H2,1-2H3. The van der Waals surface area contributed by atoms with Crippen molar-refractivity contribution in [3.63, 3.8) is 0 Å². The number of hydrogen-bond donors (Lipinski definition) is 1. The van der Waals surface area contributed by atoms with E-state index in [-0.39, 0.29) is 0 Å². The highest BCUT2D eigenvalue weighted by Crippen LogP contribution is 2.34. The molecule has 2 aliphatic heterocycles. The van der Waals surface area contributed by atoms with Crippen molar-refractivity contribution in [3.05, 3.63) is 0 Å². The first-order valence-electron chi connectivity index (χ1n) is 8.87. The molecule has 2 saturated heterocycles. The molecule has 0 aromatic carbocycles. The fourth-order valence-electron chi connectivity index (χ4n) is 4.01. The third kappa shape index (κ3) is 4.41. The molecule has 4 nitrogen and oxygen atoms in total. The van der Waals surface area contributed by atoms with E-state index in [1.807, 2.05) is 0 Å². The number of rotatable bonds is 7. The third-order valence-corrected chi connectivity index (χ3v) is 5.51. The van der Waals surface area contributed by atoms with Crippen LogP contribution in [0.4, 0.5) is 0 Å². The largest absolute Gasteiger partial charge is 0.381 e. The number of nitrogens with zero attached hydrogens (tertiary/aromatic N) is 2. The molecule has 21 heavy (non-hydrogen) atoms. The van der Waals surface area contributed by atoms with Gasteiger partial charge in [0, 0.05) is 44.9 Å². The molecule has 3 rings (SSSR count). The summed E-state index contributed by atoms with van der Waals surface area (Å²) < 4.78 is 5.65. The molecule has 0 aromatic rings. The summed E-state index contributed by atoms with van der Waals surface area (Å²) in [7, 11) is 4.41. The highest BCUT2D eigenvalue weighted by Gasteiger charge is 2.38. The van der Waals surface area contributed by atoms with Crippen LogP contribution >= 0.6 is 0 Å². The SMILES string of the molecule is CN(C)CC1CCCN1CC1(CNC2CC2)CCOCC1. The molecular weight excluding hydrogens is 262 g/mol. The maximum absolute atomic E-state index is 5.65. The van der Waals surface area contributed by atoms with Gasteiger partial charge in [0.05, 0.1) is 0 Å². The van der Waals surface area contributed by atoms with Crippen molar-refractivity contribution < 1.29 is 4.74 Å². The van der Waals surface area contributed by atoms with Crippen LogP contribution in [-0.4, -0.2) is 75.4 Å². The van der Waals surface area contributed by atoms with Crippen molar-refractivity contribution in [1.82, 2.24) is 15.1 Å². The second-order valence-corrected chi connectivity index (χ2v) is 7.80. The fraction of sp³-hybridized carbons (Fsp3) is 1.00. The van der Waals surface area contributed by atoms with E-state index in [9.17, 15) is 0 Å². The first kappa shape index (κ1) is 15.7. The molecule has 2 heterocycles. The number of likely N-dealkylation sites (N-methyl/N-ethyl adjacent to an activating group) is 1. The second-order valence-electron chi connectivity index (χ2n) is 7.80. The van der Waals surface area contributed by atoms with Crippen molar-refractivity contribution in [2.75, 3.05) is 53.5 Å². The number of hydrogen-bond acceptors (Lipinski definition) is 4. The number of nitrogens with one attached hydrogen (secondary N) is 1. The Hall–Kier alpha value is -0.160. The Labute approximate surface area is 130 Å². The summed E-state index contributed by atoms with van der Waals surface area (Å²) in [5, 5.41) is 3.80. The molecule has 4 heteroatoms. The summed E-state index contributed by atoms with van der Waals surface area (Å²) in [5.41, 5.74) is 0.454. The van der Waals surface area contributed by atoms with Crippen molar-refractivity contribution in [1.29, 1.82) is 0 Å². The molecule has 1 N–H and O–H groups in total. The zero-order valence-corrected chi connectivity index (χ0v) is 13.9. The molecule has 3 fully saturated rings. The second kappa shape index (κ2) is 6.95. The van der Waals surface area contributed by atoms with Crippen LogP contribution in [0, 0.1) is 5.41 Å². The van der Waals surface area contributed by atoms with Crippen LogP contribution in [0.2, 0.25) is 0 Å². The van der Waals surface area contributed by atoms with Gasteiger partial charge < -0.3 is 15.0 Å². The van der Waals surface area contributed by atoms with Crippen molar-refractivity contribution >= 4 is 0 Å². The van der Waals surface area contributed by atoms with Crippen molar-refractivity contribution in [3.8, 4) is 0 Å². The lowest BCUT2D eigenvalue weighted by Gasteiger charge is -2.42. The van der Waals surface area contributed by atoms with Crippen LogP contribution in [-0.2, 0) is 4.74 Å². The quantitative estimate of drug-likeness (QED) is 0.771. The average molecular weight is 295 g/mol. The Morgan fingerprint density at radius 1 is 1.19 bits per heavy atom. The van der Waals surface area contributed by atoms with Crippen LogP contribution in [0.25, 0.3) is 0 Å². The molecule has 1 unspecified atom stereocenters. The highest BCUT2D eigenvalue weighted by atomic mass is 16.5. The van der Waals surface area contributed by atoms with Gasteiger partial charge in [-0.05, 0) is 64.6 Å². The van der Waals surface area contributed by atoms with Crippen LogP contribution in [0.1, 0.15) is 38.5 Å². The Balaban J connectivity index is 1.59. The van der Waals surface area contributed by atoms with Gasteiger partial charge in [-0.2, -0.15) is 0 Å². The molecule has 0 bridgehead atoms. The van der Waals surface area contributed by atoms with Gasteiger partial charge in [-0.1, -0.05) is 0 Å². The third-order valence-electron chi connectivity index (χ3n) is 5.51. The molecule has 3 aliphatic rings. The zero-order valence-electron chi connectivity index (χ0n) is 13.9. The lowest BCUT2D eigenvalue weighted by Crippen LogP contribution is -2.50. The summed E-state index contributed by atoms with van der Waals surface area (Å²) in [6, 6.07) is 1.58. The molecule has 0 radical (unpaired) electrons. The Morgan fingerprint density at radius 2 is 1.95 bits per heavy atom. The monoisotopic (exact) mass is 295 g/mol. The van der Waals surface area contributed by atoms with E-state index in [2.05, 4.69) is 29.2 Å². The number of ether oxygens (including phenoxy) is 1. The van der Waals surface area contributed by atoms with Gasteiger partial charge in [-0.15, -0.1) is 0 Å². The Morgan fingerprint density at radius 3 is 2.62 bits per heavy atom. The van der Waals surface area contributed by atoms with E-state index in [0.29, 0.717) is 5.41 Å². The topological polar surface area (TPSA) is 27.7 Å². The van der Waals surface area contributed by atoms with Crippen LogP contribution < -0.4 is 5.32 Å². The lowest BCUT2D eigenvalue weighted by atomic mass is 9.79. The molecule has 1 saturated carbocycles. The fourth-order valence-corrected chi connectivity index (χ4v) is 4.01. The average Bonchev–Trinajstić information content (AvgIpc) is 3.21. The predicted octanol–water partition coefficient (Wildman–Crippen LogP) is 1.56. The first-order chi connectivity index (χ1) is 10.2. The molecule has 0 spiro atoms. The van der Waals surface area contributed by atoms with Crippen LogP contribution in [0.3, 0.4) is 0 Å². The summed E-state index contributed by atoms with van der Waals surface area (Å²) in [5.74, 6) is 0. The van der Waals surface area contributed by atoms with Crippen LogP contribution in [0.15, 0.2) is 0 Å². The molecule has 122 valence electrons. The smallest absolute Gasteiger partial charge is 0.0472 e. The van der Waals surface area contributed by atoms with E-state index < -0.39 is 0 Å². The van der Waals surface area contributed by atoms with E-state index in [4.69, 9.17) is 4.74 Å². The van der Waals surface area contributed by atoms with Crippen LogP contribution in [0.5, 0.6) is 0 Å². The summed E-state index contributed by atoms with van der Waals surface area (Å²) in [6.07, 6.45) is 8.00. The van der Waals surface area contributed by atoms with Gasteiger partial charge in [-0.3, -0.25) is 4.90 Å². The first-order valence-corrected chi connectivity index (χ1v) is 8.87. The summed E-state index contributed by atoms with van der Waals surface area (Å²) in [4.78, 5) is 5.13.